The molecular weight excluding hydrogens is 347 g/mol. The summed E-state index contributed by atoms with van der Waals surface area (Å²) in [5, 5.41) is 0.909. The van der Waals surface area contributed by atoms with Crippen molar-refractivity contribution in [3.8, 4) is 0 Å². The van der Waals surface area contributed by atoms with Crippen LogP contribution in [0, 0.1) is 11.7 Å². The number of hydrogen-bond donors (Lipinski definition) is 0. The predicted octanol–water partition coefficient (Wildman–Crippen LogP) is 1.90. The zero-order valence-corrected chi connectivity index (χ0v) is 14.4. The Kier molecular flexibility index (Phi) is 5.61. The van der Waals surface area contributed by atoms with Crippen molar-refractivity contribution in [3.63, 3.8) is 0 Å². The van der Waals surface area contributed by atoms with E-state index in [1.807, 2.05) is 0 Å². The van der Waals surface area contributed by atoms with Crippen LogP contribution in [0.2, 0.25) is 5.02 Å². The fourth-order valence-corrected chi connectivity index (χ4v) is 4.22. The largest absolute Gasteiger partial charge is 0.275 e. The van der Waals surface area contributed by atoms with E-state index in [2.05, 4.69) is 0 Å². The molecule has 2 rings (SSSR count). The first-order valence-electron chi connectivity index (χ1n) is 7.04. The molecule has 0 radical (unpaired) electrons. The number of halogens is 2. The maximum atomic E-state index is 13.2. The topological polar surface area (TPSA) is 66.9 Å². The van der Waals surface area contributed by atoms with Crippen molar-refractivity contribution < 1.29 is 22.4 Å². The predicted molar refractivity (Wildman–Crippen MR) is 82.7 cm³/mol. The molecule has 1 amide bonds. The van der Waals surface area contributed by atoms with Gasteiger partial charge in [-0.1, -0.05) is 11.6 Å². The van der Waals surface area contributed by atoms with Crippen molar-refractivity contribution in [2.45, 2.75) is 17.7 Å². The third-order valence-corrected chi connectivity index (χ3v) is 6.10. The second-order valence-corrected chi connectivity index (χ2v) is 7.62. The Morgan fingerprint density at radius 2 is 2.00 bits per heavy atom. The Hall–Kier alpha value is -1.22. The minimum absolute atomic E-state index is 0.0531. The quantitative estimate of drug-likeness (QED) is 0.765. The van der Waals surface area contributed by atoms with Crippen LogP contribution in [-0.4, -0.2) is 50.9 Å². The maximum absolute atomic E-state index is 13.2. The van der Waals surface area contributed by atoms with Crippen LogP contribution < -0.4 is 0 Å². The fourth-order valence-electron chi connectivity index (χ4n) is 2.48. The molecule has 0 bridgehead atoms. The summed E-state index contributed by atoms with van der Waals surface area (Å²) in [6.07, 6.45) is 0.807. The van der Waals surface area contributed by atoms with Crippen LogP contribution in [0.1, 0.15) is 12.8 Å². The number of piperidine rings is 1. The van der Waals surface area contributed by atoms with Gasteiger partial charge in [-0.05, 0) is 31.0 Å². The number of benzene rings is 1. The zero-order valence-electron chi connectivity index (χ0n) is 12.8. The molecule has 0 aliphatic carbocycles. The summed E-state index contributed by atoms with van der Waals surface area (Å²) < 4.78 is 39.6. The highest BCUT2D eigenvalue weighted by molar-refractivity contribution is 7.89. The second-order valence-electron chi connectivity index (χ2n) is 5.27. The standard InChI is InChI=1S/C14H18ClFN2O4S/c1-17(22-2)14(19)10-5-7-18(8-6-10)23(20,21)11-3-4-13(16)12(15)9-11/h3-4,9-10H,5-8H2,1-2H3. The smallest absolute Gasteiger partial charge is 0.249 e. The van der Waals surface area contributed by atoms with Crippen molar-refractivity contribution >= 4 is 27.5 Å². The molecule has 23 heavy (non-hydrogen) atoms. The van der Waals surface area contributed by atoms with E-state index in [0.717, 1.165) is 17.2 Å². The Balaban J connectivity index is 2.09. The first-order valence-corrected chi connectivity index (χ1v) is 8.86. The Morgan fingerprint density at radius 3 is 2.52 bits per heavy atom. The van der Waals surface area contributed by atoms with Gasteiger partial charge in [-0.15, -0.1) is 0 Å². The van der Waals surface area contributed by atoms with Crippen molar-refractivity contribution in [1.82, 2.24) is 9.37 Å². The number of sulfonamides is 1. The van der Waals surface area contributed by atoms with Crippen LogP contribution in [0.25, 0.3) is 0 Å². The lowest BCUT2D eigenvalue weighted by molar-refractivity contribution is -0.174. The molecule has 1 aromatic rings. The summed E-state index contributed by atoms with van der Waals surface area (Å²) in [5.41, 5.74) is 0. The molecule has 1 fully saturated rings. The number of rotatable bonds is 4. The minimum atomic E-state index is -3.75. The molecule has 0 N–H and O–H groups in total. The van der Waals surface area contributed by atoms with Gasteiger partial charge >= 0.3 is 0 Å². The van der Waals surface area contributed by atoms with Crippen LogP contribution in [0.3, 0.4) is 0 Å². The van der Waals surface area contributed by atoms with Gasteiger partial charge in [-0.25, -0.2) is 17.9 Å². The summed E-state index contributed by atoms with van der Waals surface area (Å²) in [5.74, 6) is -1.12. The normalized spacial score (nSPS) is 17.2. The maximum Gasteiger partial charge on any atom is 0.249 e. The SMILES string of the molecule is CON(C)C(=O)C1CCN(S(=O)(=O)c2ccc(F)c(Cl)c2)CC1. The van der Waals surface area contributed by atoms with E-state index in [-0.39, 0.29) is 34.8 Å². The molecule has 1 aliphatic heterocycles. The summed E-state index contributed by atoms with van der Waals surface area (Å²) in [6.45, 7) is 0.427. The number of nitrogens with zero attached hydrogens (tertiary/aromatic N) is 2. The first-order chi connectivity index (χ1) is 10.8. The van der Waals surface area contributed by atoms with Crippen LogP contribution >= 0.6 is 11.6 Å². The second kappa shape index (κ2) is 7.12. The van der Waals surface area contributed by atoms with Gasteiger partial charge in [0.2, 0.25) is 15.9 Å². The molecule has 1 saturated heterocycles. The van der Waals surface area contributed by atoms with E-state index in [9.17, 15) is 17.6 Å². The highest BCUT2D eigenvalue weighted by Gasteiger charge is 2.33. The summed E-state index contributed by atoms with van der Waals surface area (Å²) in [4.78, 5) is 16.8. The van der Waals surface area contributed by atoms with E-state index in [1.165, 1.54) is 24.5 Å². The van der Waals surface area contributed by atoms with E-state index in [0.29, 0.717) is 12.8 Å². The van der Waals surface area contributed by atoms with Gasteiger partial charge in [0.1, 0.15) is 5.82 Å². The molecule has 1 heterocycles. The molecule has 128 valence electrons. The summed E-state index contributed by atoms with van der Waals surface area (Å²) >= 11 is 5.65. The van der Waals surface area contributed by atoms with Gasteiger partial charge in [-0.2, -0.15) is 4.31 Å². The number of amides is 1. The van der Waals surface area contributed by atoms with Crippen LogP contribution in [0.15, 0.2) is 23.1 Å². The van der Waals surface area contributed by atoms with E-state index >= 15 is 0 Å². The average Bonchev–Trinajstić information content (AvgIpc) is 2.55. The molecule has 1 aliphatic rings. The molecule has 0 atom stereocenters. The lowest BCUT2D eigenvalue weighted by Gasteiger charge is -2.31. The Bertz CT molecular complexity index is 690. The van der Waals surface area contributed by atoms with Gasteiger partial charge in [0.25, 0.3) is 0 Å². The van der Waals surface area contributed by atoms with Crippen LogP contribution in [0.4, 0.5) is 4.39 Å². The number of hydroxylamine groups is 2. The molecule has 0 spiro atoms. The lowest BCUT2D eigenvalue weighted by Crippen LogP contribution is -2.43. The minimum Gasteiger partial charge on any atom is -0.275 e. The molecule has 1 aromatic carbocycles. The zero-order chi connectivity index (χ0) is 17.2. The Labute approximate surface area is 139 Å². The average molecular weight is 365 g/mol. The van der Waals surface area contributed by atoms with Crippen molar-refractivity contribution in [1.29, 1.82) is 0 Å². The molecule has 0 unspecified atom stereocenters. The number of carbonyl (C=O) groups excluding carboxylic acids is 1. The van der Waals surface area contributed by atoms with Gasteiger partial charge in [-0.3, -0.25) is 9.63 Å². The van der Waals surface area contributed by atoms with E-state index in [4.69, 9.17) is 16.4 Å². The molecule has 0 saturated carbocycles. The van der Waals surface area contributed by atoms with Crippen molar-refractivity contribution in [3.05, 3.63) is 29.0 Å². The van der Waals surface area contributed by atoms with Gasteiger partial charge in [0.15, 0.2) is 0 Å². The molecule has 6 nitrogen and oxygen atoms in total. The fraction of sp³-hybridized carbons (Fsp3) is 0.500. The highest BCUT2D eigenvalue weighted by atomic mass is 35.5. The first kappa shape index (κ1) is 18.1. The van der Waals surface area contributed by atoms with Gasteiger partial charge in [0, 0.05) is 26.1 Å². The molecule has 0 aromatic heterocycles. The van der Waals surface area contributed by atoms with Crippen LogP contribution in [0.5, 0.6) is 0 Å². The van der Waals surface area contributed by atoms with Crippen LogP contribution in [-0.2, 0) is 19.7 Å². The number of hydrogen-bond acceptors (Lipinski definition) is 4. The lowest BCUT2D eigenvalue weighted by atomic mass is 9.97. The monoisotopic (exact) mass is 364 g/mol. The summed E-state index contributed by atoms with van der Waals surface area (Å²) in [7, 11) is -0.832. The third-order valence-electron chi connectivity index (χ3n) is 3.92. The van der Waals surface area contributed by atoms with Gasteiger partial charge in [0.05, 0.1) is 17.0 Å². The molecule has 9 heteroatoms. The Morgan fingerprint density at radius 1 is 1.39 bits per heavy atom. The third kappa shape index (κ3) is 3.82. The van der Waals surface area contributed by atoms with Crippen molar-refractivity contribution in [2.75, 3.05) is 27.2 Å². The summed E-state index contributed by atoms with van der Waals surface area (Å²) in [6, 6.07) is 3.31. The van der Waals surface area contributed by atoms with E-state index in [1.54, 1.807) is 0 Å². The molecular formula is C14H18ClFN2O4S. The highest BCUT2D eigenvalue weighted by Crippen LogP contribution is 2.27. The van der Waals surface area contributed by atoms with Crippen molar-refractivity contribution in [2.24, 2.45) is 5.92 Å². The van der Waals surface area contributed by atoms with E-state index < -0.39 is 15.8 Å². The van der Waals surface area contributed by atoms with Gasteiger partial charge < -0.3 is 0 Å². The number of carbonyl (C=O) groups is 1.